The number of likely N-dealkylation sites (tertiary alicyclic amines) is 1. The highest BCUT2D eigenvalue weighted by Gasteiger charge is 2.43. The molecule has 1 aliphatic heterocycles. The second kappa shape index (κ2) is 4.29. The quantitative estimate of drug-likeness (QED) is 0.757. The zero-order chi connectivity index (χ0) is 12.5. The molecular weight excluding hydrogens is 220 g/mol. The second-order valence-electron chi connectivity index (χ2n) is 4.49. The fourth-order valence-electron chi connectivity index (χ4n) is 2.22. The molecule has 1 aliphatic rings. The van der Waals surface area contributed by atoms with Crippen molar-refractivity contribution in [3.8, 4) is 0 Å². The lowest BCUT2D eigenvalue weighted by Crippen LogP contribution is -2.46. The molecule has 1 aromatic rings. The van der Waals surface area contributed by atoms with Gasteiger partial charge < -0.3 is 15.7 Å². The van der Waals surface area contributed by atoms with Crippen molar-refractivity contribution in [2.45, 2.75) is 18.3 Å². The van der Waals surface area contributed by atoms with Crippen molar-refractivity contribution < 1.29 is 9.90 Å². The molecule has 0 radical (unpaired) electrons. The van der Waals surface area contributed by atoms with Gasteiger partial charge in [0.15, 0.2) is 0 Å². The number of nitrogens with two attached hydrogens (primary N) is 1. The van der Waals surface area contributed by atoms with Crippen LogP contribution in [0.5, 0.6) is 0 Å². The monoisotopic (exact) mass is 236 g/mol. The van der Waals surface area contributed by atoms with Gasteiger partial charge in [0, 0.05) is 6.20 Å². The van der Waals surface area contributed by atoms with Crippen LogP contribution in [0.4, 0.5) is 5.95 Å². The highest BCUT2D eigenvalue weighted by Crippen LogP contribution is 2.34. The van der Waals surface area contributed by atoms with Gasteiger partial charge in [-0.25, -0.2) is 9.97 Å². The minimum absolute atomic E-state index is 0.127. The lowest BCUT2D eigenvalue weighted by molar-refractivity contribution is -0.146. The Morgan fingerprint density at radius 1 is 1.53 bits per heavy atom. The van der Waals surface area contributed by atoms with Crippen LogP contribution in [0.1, 0.15) is 18.5 Å². The Balaban J connectivity index is 2.38. The largest absolute Gasteiger partial charge is 0.481 e. The molecule has 1 saturated heterocycles. The molecule has 0 amide bonds. The Morgan fingerprint density at radius 3 is 2.71 bits per heavy atom. The van der Waals surface area contributed by atoms with E-state index in [9.17, 15) is 9.90 Å². The van der Waals surface area contributed by atoms with Gasteiger partial charge in [-0.2, -0.15) is 0 Å². The Kier molecular flexibility index (Phi) is 2.97. The number of rotatable bonds is 2. The fraction of sp³-hybridized carbons (Fsp3) is 0.545. The summed E-state index contributed by atoms with van der Waals surface area (Å²) >= 11 is 0. The van der Waals surface area contributed by atoms with Crippen molar-refractivity contribution in [1.82, 2.24) is 14.9 Å². The van der Waals surface area contributed by atoms with E-state index in [1.165, 1.54) is 6.20 Å². The van der Waals surface area contributed by atoms with E-state index in [1.807, 2.05) is 7.05 Å². The van der Waals surface area contributed by atoms with Gasteiger partial charge in [-0.15, -0.1) is 0 Å². The maximum atomic E-state index is 11.6. The molecule has 2 rings (SSSR count). The topological polar surface area (TPSA) is 92.3 Å². The van der Waals surface area contributed by atoms with E-state index < -0.39 is 11.4 Å². The lowest BCUT2D eigenvalue weighted by atomic mass is 9.75. The zero-order valence-corrected chi connectivity index (χ0v) is 9.76. The van der Waals surface area contributed by atoms with Crippen LogP contribution in [0.15, 0.2) is 12.3 Å². The molecule has 3 N–H and O–H groups in total. The van der Waals surface area contributed by atoms with Crippen molar-refractivity contribution in [3.63, 3.8) is 0 Å². The number of aromatic nitrogens is 2. The first-order valence-corrected chi connectivity index (χ1v) is 5.55. The highest BCUT2D eigenvalue weighted by molar-refractivity contribution is 5.81. The van der Waals surface area contributed by atoms with Crippen LogP contribution in [0.25, 0.3) is 0 Å². The van der Waals surface area contributed by atoms with Crippen molar-refractivity contribution >= 4 is 11.9 Å². The first-order chi connectivity index (χ1) is 8.04. The molecule has 0 unspecified atom stereocenters. The van der Waals surface area contributed by atoms with E-state index in [0.717, 1.165) is 13.1 Å². The van der Waals surface area contributed by atoms with Crippen molar-refractivity contribution in [3.05, 3.63) is 18.0 Å². The van der Waals surface area contributed by atoms with Crippen molar-refractivity contribution in [1.29, 1.82) is 0 Å². The molecule has 0 spiro atoms. The first kappa shape index (κ1) is 11.8. The molecular formula is C11H16N4O2. The molecule has 2 heterocycles. The summed E-state index contributed by atoms with van der Waals surface area (Å²) in [6.45, 7) is 1.49. The van der Waals surface area contributed by atoms with Crippen LogP contribution in [-0.2, 0) is 10.2 Å². The fourth-order valence-corrected chi connectivity index (χ4v) is 2.22. The summed E-state index contributed by atoms with van der Waals surface area (Å²) < 4.78 is 0. The molecule has 0 saturated carbocycles. The SMILES string of the molecule is CN1CCC(C(=O)O)(c2ccnc(N)n2)CC1. The van der Waals surface area contributed by atoms with Gasteiger partial charge in [0.05, 0.1) is 5.69 Å². The molecule has 6 heteroatoms. The number of carboxylic acid groups (broad SMARTS) is 1. The molecule has 6 nitrogen and oxygen atoms in total. The Hall–Kier alpha value is -1.69. The number of carbonyl (C=O) groups is 1. The molecule has 92 valence electrons. The lowest BCUT2D eigenvalue weighted by Gasteiger charge is -2.36. The van der Waals surface area contributed by atoms with E-state index >= 15 is 0 Å². The van der Waals surface area contributed by atoms with E-state index in [-0.39, 0.29) is 5.95 Å². The van der Waals surface area contributed by atoms with E-state index in [4.69, 9.17) is 5.73 Å². The number of piperidine rings is 1. The number of carboxylic acids is 1. The van der Waals surface area contributed by atoms with Crippen molar-refractivity contribution in [2.75, 3.05) is 25.9 Å². The van der Waals surface area contributed by atoms with Gasteiger partial charge in [-0.1, -0.05) is 0 Å². The standard InChI is InChI=1S/C11H16N4O2/c1-15-6-3-11(4-7-15,9(16)17)8-2-5-13-10(12)14-8/h2,5H,3-4,6-7H2,1H3,(H,16,17)(H2,12,13,14). The maximum Gasteiger partial charge on any atom is 0.315 e. The van der Waals surface area contributed by atoms with Gasteiger partial charge in [0.1, 0.15) is 5.41 Å². The molecule has 0 atom stereocenters. The average Bonchev–Trinajstić information content (AvgIpc) is 2.30. The number of nitrogens with zero attached hydrogens (tertiary/aromatic N) is 3. The summed E-state index contributed by atoms with van der Waals surface area (Å²) in [6, 6.07) is 1.65. The summed E-state index contributed by atoms with van der Waals surface area (Å²) in [5, 5.41) is 9.50. The van der Waals surface area contributed by atoms with Crippen molar-refractivity contribution in [2.24, 2.45) is 0 Å². The average molecular weight is 236 g/mol. The van der Waals surface area contributed by atoms with Crippen LogP contribution in [0, 0.1) is 0 Å². The first-order valence-electron chi connectivity index (χ1n) is 5.55. The third-order valence-electron chi connectivity index (χ3n) is 3.41. The predicted octanol–water partition coefficient (Wildman–Crippen LogP) is 0.107. The molecule has 0 aliphatic carbocycles. The minimum atomic E-state index is -0.913. The molecule has 0 aromatic carbocycles. The summed E-state index contributed by atoms with van der Waals surface area (Å²) in [4.78, 5) is 21.6. The number of nitrogen functional groups attached to an aromatic ring is 1. The molecule has 1 aromatic heterocycles. The predicted molar refractivity (Wildman–Crippen MR) is 62.5 cm³/mol. The molecule has 1 fully saturated rings. The smallest absolute Gasteiger partial charge is 0.315 e. The summed E-state index contributed by atoms with van der Waals surface area (Å²) in [6.07, 6.45) is 2.62. The third kappa shape index (κ3) is 2.08. The Bertz CT molecular complexity index is 427. The Labute approximate surface area is 99.5 Å². The second-order valence-corrected chi connectivity index (χ2v) is 4.49. The maximum absolute atomic E-state index is 11.6. The summed E-state index contributed by atoms with van der Waals surface area (Å²) in [5.41, 5.74) is 5.13. The van der Waals surface area contributed by atoms with Gasteiger partial charge in [0.2, 0.25) is 5.95 Å². The summed E-state index contributed by atoms with van der Waals surface area (Å²) in [5.74, 6) is -0.703. The Morgan fingerprint density at radius 2 is 2.18 bits per heavy atom. The van der Waals surface area contributed by atoms with Crippen LogP contribution in [0.3, 0.4) is 0 Å². The highest BCUT2D eigenvalue weighted by atomic mass is 16.4. The van der Waals surface area contributed by atoms with E-state index in [2.05, 4.69) is 14.9 Å². The number of aliphatic carboxylic acids is 1. The van der Waals surface area contributed by atoms with Gasteiger partial charge in [-0.05, 0) is 39.0 Å². The van der Waals surface area contributed by atoms with E-state index in [0.29, 0.717) is 18.5 Å². The van der Waals surface area contributed by atoms with Gasteiger partial charge >= 0.3 is 5.97 Å². The van der Waals surface area contributed by atoms with Crippen LogP contribution in [-0.4, -0.2) is 46.1 Å². The van der Waals surface area contributed by atoms with Crippen LogP contribution in [0.2, 0.25) is 0 Å². The van der Waals surface area contributed by atoms with Gasteiger partial charge in [0.25, 0.3) is 0 Å². The number of hydrogen-bond acceptors (Lipinski definition) is 5. The van der Waals surface area contributed by atoms with Crippen LogP contribution < -0.4 is 5.73 Å². The number of anilines is 1. The molecule has 0 bridgehead atoms. The minimum Gasteiger partial charge on any atom is -0.481 e. The van der Waals surface area contributed by atoms with E-state index in [1.54, 1.807) is 6.07 Å². The zero-order valence-electron chi connectivity index (χ0n) is 9.76. The van der Waals surface area contributed by atoms with Crippen LogP contribution >= 0.6 is 0 Å². The number of hydrogen-bond donors (Lipinski definition) is 2. The van der Waals surface area contributed by atoms with Gasteiger partial charge in [-0.3, -0.25) is 4.79 Å². The molecule has 17 heavy (non-hydrogen) atoms. The summed E-state index contributed by atoms with van der Waals surface area (Å²) in [7, 11) is 1.99. The third-order valence-corrected chi connectivity index (χ3v) is 3.41. The normalized spacial score (nSPS) is 20.1.